The first kappa shape index (κ1) is 14.6. The average molecular weight is 291 g/mol. The Kier molecular flexibility index (Phi) is 4.91. The van der Waals surface area contributed by atoms with Gasteiger partial charge in [-0.3, -0.25) is 4.90 Å². The maximum Gasteiger partial charge on any atom is 0.278 e. The molecule has 3 rings (SSSR count). The molecule has 2 fully saturated rings. The van der Waals surface area contributed by atoms with Gasteiger partial charge in [0.25, 0.3) is 11.8 Å². The SMILES string of the molecule is CCCCCCOc1nccnc1O[C@@H]1CN2CCC1C2. The molecule has 0 aliphatic carbocycles. The van der Waals surface area contributed by atoms with Crippen LogP contribution in [-0.4, -0.2) is 47.2 Å². The first-order chi connectivity index (χ1) is 10.4. The maximum atomic E-state index is 6.08. The van der Waals surface area contributed by atoms with E-state index in [-0.39, 0.29) is 6.10 Å². The number of nitrogens with zero attached hydrogens (tertiary/aromatic N) is 3. The highest BCUT2D eigenvalue weighted by atomic mass is 16.5. The Morgan fingerprint density at radius 2 is 2.00 bits per heavy atom. The van der Waals surface area contributed by atoms with Gasteiger partial charge in [0.05, 0.1) is 6.61 Å². The van der Waals surface area contributed by atoms with Crippen LogP contribution in [0.3, 0.4) is 0 Å². The van der Waals surface area contributed by atoms with E-state index in [9.17, 15) is 0 Å². The average Bonchev–Trinajstić information content (AvgIpc) is 3.11. The van der Waals surface area contributed by atoms with Crippen molar-refractivity contribution in [2.24, 2.45) is 5.92 Å². The Morgan fingerprint density at radius 3 is 2.71 bits per heavy atom. The zero-order chi connectivity index (χ0) is 14.5. The zero-order valence-corrected chi connectivity index (χ0v) is 12.8. The minimum atomic E-state index is 0.248. The van der Waals surface area contributed by atoms with Crippen molar-refractivity contribution in [3.63, 3.8) is 0 Å². The first-order valence-electron chi connectivity index (χ1n) is 8.19. The van der Waals surface area contributed by atoms with Gasteiger partial charge >= 0.3 is 0 Å². The summed E-state index contributed by atoms with van der Waals surface area (Å²) < 4.78 is 11.8. The third kappa shape index (κ3) is 3.64. The van der Waals surface area contributed by atoms with Crippen molar-refractivity contribution in [3.05, 3.63) is 12.4 Å². The van der Waals surface area contributed by atoms with Gasteiger partial charge in [0.15, 0.2) is 0 Å². The second-order valence-electron chi connectivity index (χ2n) is 6.04. The number of hydrogen-bond acceptors (Lipinski definition) is 5. The standard InChI is InChI=1S/C16H25N3O2/c1-2-3-4-5-10-20-15-16(18-8-7-17-15)21-14-12-19-9-6-13(14)11-19/h7-8,13-14H,2-6,9-12H2,1H3/t13?,14-/m1/s1. The van der Waals surface area contributed by atoms with Crippen molar-refractivity contribution in [1.29, 1.82) is 0 Å². The van der Waals surface area contributed by atoms with Gasteiger partial charge in [0.1, 0.15) is 6.10 Å². The molecule has 5 heteroatoms. The maximum absolute atomic E-state index is 6.08. The van der Waals surface area contributed by atoms with Crippen molar-refractivity contribution in [2.45, 2.75) is 45.1 Å². The molecular formula is C16H25N3O2. The van der Waals surface area contributed by atoms with Gasteiger partial charge in [0, 0.05) is 31.4 Å². The predicted molar refractivity (Wildman–Crippen MR) is 80.6 cm³/mol. The van der Waals surface area contributed by atoms with Gasteiger partial charge in [-0.2, -0.15) is 0 Å². The summed E-state index contributed by atoms with van der Waals surface area (Å²) in [4.78, 5) is 11.0. The van der Waals surface area contributed by atoms with E-state index in [4.69, 9.17) is 9.47 Å². The third-order valence-electron chi connectivity index (χ3n) is 4.41. The molecule has 21 heavy (non-hydrogen) atoms. The molecule has 1 aromatic heterocycles. The van der Waals surface area contributed by atoms with Crippen LogP contribution >= 0.6 is 0 Å². The van der Waals surface area contributed by atoms with E-state index in [2.05, 4.69) is 21.8 Å². The minimum Gasteiger partial charge on any atom is -0.474 e. The Labute approximate surface area is 126 Å². The predicted octanol–water partition coefficient (Wildman–Crippen LogP) is 2.52. The number of unbranched alkanes of at least 4 members (excludes halogenated alkanes) is 3. The molecule has 0 spiro atoms. The number of fused-ring (bicyclic) bond motifs is 2. The molecule has 3 heterocycles. The number of ether oxygens (including phenoxy) is 2. The van der Waals surface area contributed by atoms with Crippen molar-refractivity contribution in [2.75, 3.05) is 26.2 Å². The number of aromatic nitrogens is 2. The lowest BCUT2D eigenvalue weighted by Gasteiger charge is -2.23. The minimum absolute atomic E-state index is 0.248. The topological polar surface area (TPSA) is 47.5 Å². The van der Waals surface area contributed by atoms with Crippen LogP contribution < -0.4 is 9.47 Å². The van der Waals surface area contributed by atoms with Crippen molar-refractivity contribution in [1.82, 2.24) is 14.9 Å². The van der Waals surface area contributed by atoms with Gasteiger partial charge in [-0.25, -0.2) is 9.97 Å². The van der Waals surface area contributed by atoms with E-state index in [0.717, 1.165) is 19.5 Å². The lowest BCUT2D eigenvalue weighted by Crippen LogP contribution is -2.32. The van der Waals surface area contributed by atoms with Crippen LogP contribution in [0.4, 0.5) is 0 Å². The molecule has 0 aromatic carbocycles. The smallest absolute Gasteiger partial charge is 0.278 e. The van der Waals surface area contributed by atoms with E-state index in [0.29, 0.717) is 24.3 Å². The normalized spacial score (nSPS) is 27.0. The fourth-order valence-electron chi connectivity index (χ4n) is 3.20. The number of rotatable bonds is 8. The summed E-state index contributed by atoms with van der Waals surface area (Å²) in [6.07, 6.45) is 9.57. The summed E-state index contributed by atoms with van der Waals surface area (Å²) in [5.74, 6) is 1.75. The fraction of sp³-hybridized carbons (Fsp3) is 0.750. The monoisotopic (exact) mass is 291 g/mol. The highest BCUT2D eigenvalue weighted by Crippen LogP contribution is 2.32. The Hall–Kier alpha value is -1.36. The molecule has 2 bridgehead atoms. The zero-order valence-electron chi connectivity index (χ0n) is 12.8. The number of hydrogen-bond donors (Lipinski definition) is 0. The van der Waals surface area contributed by atoms with Crippen LogP contribution in [0.2, 0.25) is 0 Å². The lowest BCUT2D eigenvalue weighted by atomic mass is 10.0. The van der Waals surface area contributed by atoms with E-state index < -0.39 is 0 Å². The quantitative estimate of drug-likeness (QED) is 0.689. The Bertz CT molecular complexity index is 455. The van der Waals surface area contributed by atoms with Gasteiger partial charge in [-0.05, 0) is 19.4 Å². The summed E-state index contributed by atoms with van der Waals surface area (Å²) in [5, 5.41) is 0. The number of piperidine rings is 1. The summed E-state index contributed by atoms with van der Waals surface area (Å²) in [7, 11) is 0. The molecule has 2 saturated heterocycles. The van der Waals surface area contributed by atoms with Gasteiger partial charge in [0.2, 0.25) is 0 Å². The first-order valence-corrected chi connectivity index (χ1v) is 8.19. The molecule has 1 aromatic rings. The van der Waals surface area contributed by atoms with Crippen molar-refractivity contribution < 1.29 is 9.47 Å². The van der Waals surface area contributed by atoms with Crippen LogP contribution in [0.1, 0.15) is 39.0 Å². The van der Waals surface area contributed by atoms with E-state index in [1.54, 1.807) is 12.4 Å². The van der Waals surface area contributed by atoms with Crippen molar-refractivity contribution >= 4 is 0 Å². The molecule has 0 saturated carbocycles. The summed E-state index contributed by atoms with van der Waals surface area (Å²) in [6.45, 7) is 6.29. The molecule has 0 radical (unpaired) electrons. The largest absolute Gasteiger partial charge is 0.474 e. The third-order valence-corrected chi connectivity index (χ3v) is 4.41. The van der Waals surface area contributed by atoms with Crippen LogP contribution in [0.15, 0.2) is 12.4 Å². The van der Waals surface area contributed by atoms with Crippen LogP contribution in [0.25, 0.3) is 0 Å². The molecule has 116 valence electrons. The molecular weight excluding hydrogens is 266 g/mol. The second kappa shape index (κ2) is 7.07. The van der Waals surface area contributed by atoms with Gasteiger partial charge < -0.3 is 9.47 Å². The molecule has 3 atom stereocenters. The molecule has 2 unspecified atom stereocenters. The van der Waals surface area contributed by atoms with E-state index in [1.807, 2.05) is 0 Å². The van der Waals surface area contributed by atoms with Crippen LogP contribution in [0.5, 0.6) is 11.8 Å². The summed E-state index contributed by atoms with van der Waals surface area (Å²) >= 11 is 0. The van der Waals surface area contributed by atoms with Crippen LogP contribution in [0, 0.1) is 5.92 Å². The highest BCUT2D eigenvalue weighted by molar-refractivity contribution is 5.24. The van der Waals surface area contributed by atoms with E-state index >= 15 is 0 Å². The molecule has 2 aliphatic heterocycles. The summed E-state index contributed by atoms with van der Waals surface area (Å²) in [5.41, 5.74) is 0. The second-order valence-corrected chi connectivity index (χ2v) is 6.04. The van der Waals surface area contributed by atoms with Gasteiger partial charge in [-0.1, -0.05) is 26.2 Å². The lowest BCUT2D eigenvalue weighted by molar-refractivity contribution is 0.127. The highest BCUT2D eigenvalue weighted by Gasteiger charge is 2.40. The van der Waals surface area contributed by atoms with Crippen LogP contribution in [-0.2, 0) is 0 Å². The molecule has 2 aliphatic rings. The Morgan fingerprint density at radius 1 is 1.14 bits per heavy atom. The fourth-order valence-corrected chi connectivity index (χ4v) is 3.20. The Balaban J connectivity index is 1.52. The van der Waals surface area contributed by atoms with Gasteiger partial charge in [-0.15, -0.1) is 0 Å². The molecule has 0 amide bonds. The summed E-state index contributed by atoms with van der Waals surface area (Å²) in [6, 6.07) is 0. The molecule has 5 nitrogen and oxygen atoms in total. The van der Waals surface area contributed by atoms with Crippen molar-refractivity contribution in [3.8, 4) is 11.8 Å². The van der Waals surface area contributed by atoms with E-state index in [1.165, 1.54) is 32.2 Å². The molecule has 0 N–H and O–H groups in total.